The Balaban J connectivity index is 2.60. The SMILES string of the molecule is OC[C@H]1O[C@H](C=NO)[C@@H](O)[C@@H]1O. The number of aliphatic hydroxyl groups is 3. The Bertz CT molecular complexity index is 173. The van der Waals surface area contributed by atoms with E-state index in [1.54, 1.807) is 0 Å². The van der Waals surface area contributed by atoms with E-state index >= 15 is 0 Å². The molecule has 0 spiro atoms. The third kappa shape index (κ3) is 1.56. The molecule has 0 aliphatic carbocycles. The van der Waals surface area contributed by atoms with Gasteiger partial charge in [0.15, 0.2) is 0 Å². The van der Waals surface area contributed by atoms with Crippen molar-refractivity contribution in [2.24, 2.45) is 5.16 Å². The molecule has 0 aromatic heterocycles. The fraction of sp³-hybridized carbons (Fsp3) is 0.833. The maximum absolute atomic E-state index is 9.20. The number of hydrogen-bond donors (Lipinski definition) is 4. The molecule has 1 fully saturated rings. The van der Waals surface area contributed by atoms with Gasteiger partial charge in [-0.3, -0.25) is 0 Å². The monoisotopic (exact) mass is 177 g/mol. The predicted octanol–water partition coefficient (Wildman–Crippen LogP) is -2.07. The number of rotatable bonds is 2. The average Bonchev–Trinajstić information content (AvgIpc) is 2.33. The minimum absolute atomic E-state index is 0.381. The molecule has 4 atom stereocenters. The molecule has 6 nitrogen and oxygen atoms in total. The minimum Gasteiger partial charge on any atom is -0.411 e. The van der Waals surface area contributed by atoms with Gasteiger partial charge in [-0.05, 0) is 0 Å². The lowest BCUT2D eigenvalue weighted by molar-refractivity contribution is -0.00975. The molecule has 0 aromatic carbocycles. The maximum Gasteiger partial charge on any atom is 0.125 e. The van der Waals surface area contributed by atoms with Crippen LogP contribution in [0.2, 0.25) is 0 Å². The van der Waals surface area contributed by atoms with Crippen LogP contribution in [-0.2, 0) is 4.74 Å². The zero-order valence-corrected chi connectivity index (χ0v) is 6.24. The summed E-state index contributed by atoms with van der Waals surface area (Å²) in [4.78, 5) is 0. The number of hydrogen-bond acceptors (Lipinski definition) is 6. The van der Waals surface area contributed by atoms with Crippen molar-refractivity contribution in [1.82, 2.24) is 0 Å². The topological polar surface area (TPSA) is 103 Å². The van der Waals surface area contributed by atoms with Gasteiger partial charge in [-0.25, -0.2) is 0 Å². The van der Waals surface area contributed by atoms with Gasteiger partial charge in [-0.1, -0.05) is 5.16 Å². The Morgan fingerprint density at radius 2 is 2.00 bits per heavy atom. The van der Waals surface area contributed by atoms with Crippen LogP contribution in [0, 0.1) is 0 Å². The molecular weight excluding hydrogens is 166 g/mol. The normalized spacial score (nSPS) is 42.6. The molecule has 0 saturated carbocycles. The van der Waals surface area contributed by atoms with Crippen molar-refractivity contribution >= 4 is 6.21 Å². The van der Waals surface area contributed by atoms with Gasteiger partial charge in [-0.2, -0.15) is 0 Å². The van der Waals surface area contributed by atoms with Gasteiger partial charge in [0.05, 0.1) is 12.8 Å². The highest BCUT2D eigenvalue weighted by molar-refractivity contribution is 5.64. The van der Waals surface area contributed by atoms with E-state index in [4.69, 9.17) is 15.1 Å². The summed E-state index contributed by atoms with van der Waals surface area (Å²) >= 11 is 0. The molecule has 12 heavy (non-hydrogen) atoms. The smallest absolute Gasteiger partial charge is 0.125 e. The molecule has 0 amide bonds. The molecule has 1 rings (SSSR count). The summed E-state index contributed by atoms with van der Waals surface area (Å²) in [5, 5.41) is 37.8. The fourth-order valence-electron chi connectivity index (χ4n) is 1.12. The Kier molecular flexibility index (Phi) is 2.99. The summed E-state index contributed by atoms with van der Waals surface area (Å²) in [6.45, 7) is -0.381. The van der Waals surface area contributed by atoms with Crippen LogP contribution in [0.4, 0.5) is 0 Å². The van der Waals surface area contributed by atoms with Crippen molar-refractivity contribution < 1.29 is 25.3 Å². The van der Waals surface area contributed by atoms with Gasteiger partial charge in [0.25, 0.3) is 0 Å². The fourth-order valence-corrected chi connectivity index (χ4v) is 1.12. The first-order valence-electron chi connectivity index (χ1n) is 3.50. The summed E-state index contributed by atoms with van der Waals surface area (Å²) in [7, 11) is 0. The van der Waals surface area contributed by atoms with Crippen LogP contribution in [0.5, 0.6) is 0 Å². The Labute approximate surface area is 68.7 Å². The zero-order chi connectivity index (χ0) is 9.14. The van der Waals surface area contributed by atoms with Crippen molar-refractivity contribution in [3.05, 3.63) is 0 Å². The first kappa shape index (κ1) is 9.40. The van der Waals surface area contributed by atoms with Gasteiger partial charge < -0.3 is 25.3 Å². The van der Waals surface area contributed by atoms with Crippen LogP contribution in [0.25, 0.3) is 0 Å². The third-order valence-electron chi connectivity index (χ3n) is 1.79. The zero-order valence-electron chi connectivity index (χ0n) is 6.24. The van der Waals surface area contributed by atoms with Crippen molar-refractivity contribution in [3.63, 3.8) is 0 Å². The van der Waals surface area contributed by atoms with Crippen LogP contribution in [0.1, 0.15) is 0 Å². The van der Waals surface area contributed by atoms with Gasteiger partial charge in [0.1, 0.15) is 24.4 Å². The molecule has 1 aliphatic rings. The summed E-state index contributed by atoms with van der Waals surface area (Å²) in [5.74, 6) is 0. The van der Waals surface area contributed by atoms with Crippen molar-refractivity contribution in [1.29, 1.82) is 0 Å². The van der Waals surface area contributed by atoms with E-state index in [-0.39, 0.29) is 6.61 Å². The van der Waals surface area contributed by atoms with E-state index in [9.17, 15) is 10.2 Å². The van der Waals surface area contributed by atoms with Gasteiger partial charge in [-0.15, -0.1) is 0 Å². The molecule has 1 heterocycles. The van der Waals surface area contributed by atoms with Crippen LogP contribution in [0.15, 0.2) is 5.16 Å². The standard InChI is InChI=1S/C6H11NO5/c8-2-4-6(10)5(9)3(12-4)1-7-11/h1,3-6,8-11H,2H2/t3-,4-,5-,6-/m1/s1. The summed E-state index contributed by atoms with van der Waals surface area (Å²) in [5.41, 5.74) is 0. The summed E-state index contributed by atoms with van der Waals surface area (Å²) in [6, 6.07) is 0. The quantitative estimate of drug-likeness (QED) is 0.220. The van der Waals surface area contributed by atoms with Crippen LogP contribution in [-0.4, -0.2) is 57.8 Å². The van der Waals surface area contributed by atoms with E-state index in [1.807, 2.05) is 0 Å². The maximum atomic E-state index is 9.20. The predicted molar refractivity (Wildman–Crippen MR) is 38.0 cm³/mol. The number of oxime groups is 1. The van der Waals surface area contributed by atoms with Crippen LogP contribution in [0.3, 0.4) is 0 Å². The summed E-state index contributed by atoms with van der Waals surface area (Å²) in [6.07, 6.45) is -3.01. The van der Waals surface area contributed by atoms with Crippen LogP contribution < -0.4 is 0 Å². The molecule has 1 saturated heterocycles. The highest BCUT2D eigenvalue weighted by Crippen LogP contribution is 2.19. The molecule has 1 aliphatic heterocycles. The largest absolute Gasteiger partial charge is 0.411 e. The summed E-state index contributed by atoms with van der Waals surface area (Å²) < 4.78 is 4.92. The van der Waals surface area contributed by atoms with E-state index in [2.05, 4.69) is 5.16 Å². The highest BCUT2D eigenvalue weighted by atomic mass is 16.6. The van der Waals surface area contributed by atoms with E-state index in [0.717, 1.165) is 6.21 Å². The second-order valence-corrected chi connectivity index (χ2v) is 2.57. The molecule has 6 heteroatoms. The molecule has 0 unspecified atom stereocenters. The first-order valence-corrected chi connectivity index (χ1v) is 3.50. The number of aliphatic hydroxyl groups excluding tert-OH is 3. The number of nitrogens with zero attached hydrogens (tertiary/aromatic N) is 1. The Morgan fingerprint density at radius 1 is 1.33 bits per heavy atom. The lowest BCUT2D eigenvalue weighted by Gasteiger charge is -2.10. The second-order valence-electron chi connectivity index (χ2n) is 2.57. The first-order chi connectivity index (χ1) is 5.70. The van der Waals surface area contributed by atoms with Crippen molar-refractivity contribution in [2.45, 2.75) is 24.4 Å². The highest BCUT2D eigenvalue weighted by Gasteiger charge is 2.41. The molecule has 0 aromatic rings. The molecule has 0 radical (unpaired) electrons. The van der Waals surface area contributed by atoms with Crippen molar-refractivity contribution in [2.75, 3.05) is 6.61 Å². The van der Waals surface area contributed by atoms with E-state index < -0.39 is 24.4 Å². The van der Waals surface area contributed by atoms with E-state index in [1.165, 1.54) is 0 Å². The average molecular weight is 177 g/mol. The molecule has 0 bridgehead atoms. The van der Waals surface area contributed by atoms with E-state index in [0.29, 0.717) is 0 Å². The molecule has 4 N–H and O–H groups in total. The van der Waals surface area contributed by atoms with Gasteiger partial charge in [0, 0.05) is 0 Å². The lowest BCUT2D eigenvalue weighted by atomic mass is 10.1. The van der Waals surface area contributed by atoms with Crippen LogP contribution >= 0.6 is 0 Å². The minimum atomic E-state index is -1.15. The molecular formula is C6H11NO5. The Morgan fingerprint density at radius 3 is 2.42 bits per heavy atom. The number of ether oxygens (including phenoxy) is 1. The van der Waals surface area contributed by atoms with Gasteiger partial charge >= 0.3 is 0 Å². The van der Waals surface area contributed by atoms with Gasteiger partial charge in [0.2, 0.25) is 0 Å². The third-order valence-corrected chi connectivity index (χ3v) is 1.79. The Hall–Kier alpha value is -0.690. The molecule has 70 valence electrons. The lowest BCUT2D eigenvalue weighted by Crippen LogP contribution is -2.34. The van der Waals surface area contributed by atoms with Crippen molar-refractivity contribution in [3.8, 4) is 0 Å². The second kappa shape index (κ2) is 3.81.